The maximum absolute atomic E-state index is 5.91. The second-order valence-electron chi connectivity index (χ2n) is 7.29. The number of hydrogen-bond donors (Lipinski definition) is 0. The molecule has 2 aromatic rings. The molecule has 1 fully saturated rings. The highest BCUT2D eigenvalue weighted by atomic mass is 79.9. The minimum atomic E-state index is 0.0625. The molecule has 0 amide bonds. The molecule has 0 saturated carbocycles. The standard InChI is InChI=1S/C23H31BrO3/c24-21-12-10-20-18-22(13-11-19(20)17-21)25-14-6-3-1-2-4-7-15-26-23-9-5-8-16-27-23/h10-13,17-18,23H,1-9,14-16H2. The summed E-state index contributed by atoms with van der Waals surface area (Å²) in [6, 6.07) is 12.6. The molecule has 4 heteroatoms. The van der Waals surface area contributed by atoms with Crippen molar-refractivity contribution < 1.29 is 14.2 Å². The Labute approximate surface area is 171 Å². The van der Waals surface area contributed by atoms with Crippen LogP contribution in [0, 0.1) is 0 Å². The van der Waals surface area contributed by atoms with Gasteiger partial charge < -0.3 is 14.2 Å². The molecule has 0 spiro atoms. The fraction of sp³-hybridized carbons (Fsp3) is 0.565. The quantitative estimate of drug-likeness (QED) is 0.361. The van der Waals surface area contributed by atoms with Crippen LogP contribution in [0.15, 0.2) is 40.9 Å². The van der Waals surface area contributed by atoms with E-state index in [0.717, 1.165) is 49.3 Å². The smallest absolute Gasteiger partial charge is 0.157 e. The Bertz CT molecular complexity index is 682. The number of fused-ring (bicyclic) bond motifs is 1. The molecule has 1 aliphatic heterocycles. The van der Waals surface area contributed by atoms with Gasteiger partial charge in [0.25, 0.3) is 0 Å². The highest BCUT2D eigenvalue weighted by molar-refractivity contribution is 9.10. The third kappa shape index (κ3) is 7.44. The molecule has 1 saturated heterocycles. The number of benzene rings is 2. The minimum absolute atomic E-state index is 0.0625. The second-order valence-corrected chi connectivity index (χ2v) is 8.21. The largest absolute Gasteiger partial charge is 0.494 e. The average Bonchev–Trinajstić information content (AvgIpc) is 2.70. The van der Waals surface area contributed by atoms with Gasteiger partial charge in [-0.05, 0) is 67.1 Å². The van der Waals surface area contributed by atoms with Gasteiger partial charge in [-0.1, -0.05) is 53.7 Å². The van der Waals surface area contributed by atoms with Crippen molar-refractivity contribution in [2.75, 3.05) is 19.8 Å². The number of rotatable bonds is 11. The molecule has 148 valence electrons. The molecule has 0 radical (unpaired) electrons. The van der Waals surface area contributed by atoms with Crippen LogP contribution in [0.2, 0.25) is 0 Å². The zero-order valence-electron chi connectivity index (χ0n) is 16.1. The first-order chi connectivity index (χ1) is 13.3. The van der Waals surface area contributed by atoms with E-state index in [9.17, 15) is 0 Å². The predicted octanol–water partition coefficient (Wildman–Crippen LogP) is 6.86. The molecule has 0 aliphatic carbocycles. The van der Waals surface area contributed by atoms with Crippen LogP contribution in [0.1, 0.15) is 57.8 Å². The SMILES string of the molecule is Brc1ccc2cc(OCCCCCCCCOC3CCCCO3)ccc2c1. The van der Waals surface area contributed by atoms with Crippen molar-refractivity contribution in [1.29, 1.82) is 0 Å². The Hall–Kier alpha value is -1.10. The number of unbranched alkanes of at least 4 members (excludes halogenated alkanes) is 5. The third-order valence-corrected chi connectivity index (χ3v) is 5.52. The highest BCUT2D eigenvalue weighted by Crippen LogP contribution is 2.24. The van der Waals surface area contributed by atoms with Gasteiger partial charge in [0, 0.05) is 17.7 Å². The summed E-state index contributed by atoms with van der Waals surface area (Å²) in [6.07, 6.45) is 10.8. The fourth-order valence-corrected chi connectivity index (χ4v) is 3.82. The van der Waals surface area contributed by atoms with Crippen LogP contribution in [0.4, 0.5) is 0 Å². The Kier molecular flexibility index (Phi) is 8.92. The summed E-state index contributed by atoms with van der Waals surface area (Å²) < 4.78 is 18.4. The molecule has 27 heavy (non-hydrogen) atoms. The summed E-state index contributed by atoms with van der Waals surface area (Å²) in [5.74, 6) is 0.965. The van der Waals surface area contributed by atoms with Crippen LogP contribution < -0.4 is 4.74 Å². The molecule has 1 aliphatic rings. The third-order valence-electron chi connectivity index (χ3n) is 5.02. The Balaban J connectivity index is 1.19. The van der Waals surface area contributed by atoms with Crippen molar-refractivity contribution in [1.82, 2.24) is 0 Å². The molecule has 0 N–H and O–H groups in total. The summed E-state index contributed by atoms with van der Waals surface area (Å²) in [5, 5.41) is 2.45. The van der Waals surface area contributed by atoms with E-state index in [1.807, 2.05) is 0 Å². The van der Waals surface area contributed by atoms with Gasteiger partial charge in [-0.15, -0.1) is 0 Å². The molecule has 2 aromatic carbocycles. The maximum atomic E-state index is 5.91. The normalized spacial score (nSPS) is 17.3. The molecule has 1 heterocycles. The summed E-state index contributed by atoms with van der Waals surface area (Å²) in [7, 11) is 0. The van der Waals surface area contributed by atoms with Crippen molar-refractivity contribution in [3.05, 3.63) is 40.9 Å². The van der Waals surface area contributed by atoms with Crippen LogP contribution in [0.25, 0.3) is 10.8 Å². The summed E-state index contributed by atoms with van der Waals surface area (Å²) in [5.41, 5.74) is 0. The first-order valence-electron chi connectivity index (χ1n) is 10.4. The van der Waals surface area contributed by atoms with Crippen molar-refractivity contribution in [3.63, 3.8) is 0 Å². The molecule has 3 rings (SSSR count). The van der Waals surface area contributed by atoms with Gasteiger partial charge in [-0.3, -0.25) is 0 Å². The lowest BCUT2D eigenvalue weighted by Gasteiger charge is -2.22. The van der Waals surface area contributed by atoms with Crippen molar-refractivity contribution in [3.8, 4) is 5.75 Å². The van der Waals surface area contributed by atoms with Crippen LogP contribution in [0.3, 0.4) is 0 Å². The van der Waals surface area contributed by atoms with Crippen LogP contribution in [-0.2, 0) is 9.47 Å². The topological polar surface area (TPSA) is 27.7 Å². The first kappa shape index (κ1) is 20.6. The molecule has 3 nitrogen and oxygen atoms in total. The Morgan fingerprint density at radius 3 is 2.41 bits per heavy atom. The van der Waals surface area contributed by atoms with E-state index in [-0.39, 0.29) is 6.29 Å². The van der Waals surface area contributed by atoms with Crippen molar-refractivity contribution >= 4 is 26.7 Å². The van der Waals surface area contributed by atoms with Crippen molar-refractivity contribution in [2.45, 2.75) is 64.1 Å². The first-order valence-corrected chi connectivity index (χ1v) is 11.2. The number of ether oxygens (including phenoxy) is 3. The summed E-state index contributed by atoms with van der Waals surface area (Å²) in [6.45, 7) is 2.50. The lowest BCUT2D eigenvalue weighted by molar-refractivity contribution is -0.162. The lowest BCUT2D eigenvalue weighted by atomic mass is 10.1. The maximum Gasteiger partial charge on any atom is 0.157 e. The van der Waals surface area contributed by atoms with Gasteiger partial charge >= 0.3 is 0 Å². The van der Waals surface area contributed by atoms with E-state index in [4.69, 9.17) is 14.2 Å². The van der Waals surface area contributed by atoms with Gasteiger partial charge in [-0.2, -0.15) is 0 Å². The van der Waals surface area contributed by atoms with Gasteiger partial charge in [-0.25, -0.2) is 0 Å². The van der Waals surface area contributed by atoms with E-state index >= 15 is 0 Å². The van der Waals surface area contributed by atoms with Gasteiger partial charge in [0.05, 0.1) is 6.61 Å². The van der Waals surface area contributed by atoms with E-state index in [0.29, 0.717) is 0 Å². The van der Waals surface area contributed by atoms with Crippen LogP contribution >= 0.6 is 15.9 Å². The van der Waals surface area contributed by atoms with E-state index in [1.54, 1.807) is 0 Å². The monoisotopic (exact) mass is 434 g/mol. The molecular formula is C23H31BrO3. The van der Waals surface area contributed by atoms with Gasteiger partial charge in [0.1, 0.15) is 5.75 Å². The van der Waals surface area contributed by atoms with Gasteiger partial charge in [0.15, 0.2) is 6.29 Å². The Morgan fingerprint density at radius 1 is 0.852 bits per heavy atom. The molecule has 0 aromatic heterocycles. The minimum Gasteiger partial charge on any atom is -0.494 e. The average molecular weight is 435 g/mol. The number of hydrogen-bond acceptors (Lipinski definition) is 3. The molecule has 1 atom stereocenters. The zero-order valence-corrected chi connectivity index (χ0v) is 17.7. The highest BCUT2D eigenvalue weighted by Gasteiger charge is 2.13. The van der Waals surface area contributed by atoms with E-state index in [2.05, 4.69) is 52.3 Å². The molecular weight excluding hydrogens is 404 g/mol. The summed E-state index contributed by atoms with van der Waals surface area (Å²) in [4.78, 5) is 0. The van der Waals surface area contributed by atoms with E-state index in [1.165, 1.54) is 49.3 Å². The predicted molar refractivity (Wildman–Crippen MR) is 114 cm³/mol. The molecule has 0 bridgehead atoms. The lowest BCUT2D eigenvalue weighted by Crippen LogP contribution is -2.22. The fourth-order valence-electron chi connectivity index (χ4n) is 3.44. The zero-order chi connectivity index (χ0) is 18.7. The second kappa shape index (κ2) is 11.7. The van der Waals surface area contributed by atoms with Crippen LogP contribution in [0.5, 0.6) is 5.75 Å². The van der Waals surface area contributed by atoms with Crippen molar-refractivity contribution in [2.24, 2.45) is 0 Å². The van der Waals surface area contributed by atoms with Gasteiger partial charge in [0.2, 0.25) is 0 Å². The number of halogens is 1. The van der Waals surface area contributed by atoms with E-state index < -0.39 is 0 Å². The van der Waals surface area contributed by atoms with Crippen LogP contribution in [-0.4, -0.2) is 26.1 Å². The summed E-state index contributed by atoms with van der Waals surface area (Å²) >= 11 is 3.51. The Morgan fingerprint density at radius 2 is 1.59 bits per heavy atom. The molecule has 1 unspecified atom stereocenters.